The van der Waals surface area contributed by atoms with Crippen LogP contribution in [0.1, 0.15) is 28.7 Å². The van der Waals surface area contributed by atoms with Crippen molar-refractivity contribution in [3.8, 4) is 39.7 Å². The first kappa shape index (κ1) is 26.4. The van der Waals surface area contributed by atoms with Gasteiger partial charge in [0, 0.05) is 33.5 Å². The minimum absolute atomic E-state index is 0.0843. The number of ether oxygens (including phenoxy) is 1. The predicted octanol–water partition coefficient (Wildman–Crippen LogP) is 10.5. The molecular formula is C42H29N3O. The Kier molecular flexibility index (Phi) is 6.24. The Morgan fingerprint density at radius 1 is 0.457 bits per heavy atom. The topological polar surface area (TPSA) is 38.2 Å². The van der Waals surface area contributed by atoms with Gasteiger partial charge in [0.15, 0.2) is 5.82 Å². The van der Waals surface area contributed by atoms with Gasteiger partial charge in [-0.25, -0.2) is 9.97 Å². The third-order valence-electron chi connectivity index (χ3n) is 9.04. The van der Waals surface area contributed by atoms with Crippen LogP contribution >= 0.6 is 0 Å². The summed E-state index contributed by atoms with van der Waals surface area (Å²) in [5.74, 6) is 1.73. The number of benzene rings is 6. The van der Waals surface area contributed by atoms with Crippen molar-refractivity contribution in [2.24, 2.45) is 0 Å². The molecule has 1 aromatic heterocycles. The second-order valence-corrected chi connectivity index (χ2v) is 11.8. The van der Waals surface area contributed by atoms with E-state index in [-0.39, 0.29) is 12.0 Å². The molecule has 0 N–H and O–H groups in total. The molecular weight excluding hydrogens is 562 g/mol. The SMILES string of the molecule is c1ccc(-c2cc(-c3ccccc3)nc(-c3cccc(N4c5ccccc5C5Oc6ccccc6C5c5ccccc54)c3)n2)cc1. The van der Waals surface area contributed by atoms with Gasteiger partial charge in [-0.15, -0.1) is 0 Å². The van der Waals surface area contributed by atoms with E-state index in [2.05, 4.69) is 132 Å². The lowest BCUT2D eigenvalue weighted by atomic mass is 9.85. The number of fused-ring (bicyclic) bond motifs is 7. The first-order valence-corrected chi connectivity index (χ1v) is 15.7. The van der Waals surface area contributed by atoms with Crippen LogP contribution in [0.5, 0.6) is 5.75 Å². The molecule has 3 heterocycles. The fourth-order valence-corrected chi connectivity index (χ4v) is 6.95. The van der Waals surface area contributed by atoms with Crippen molar-refractivity contribution in [3.63, 3.8) is 0 Å². The Labute approximate surface area is 268 Å². The molecule has 2 aliphatic rings. The zero-order chi connectivity index (χ0) is 30.5. The molecule has 4 heteroatoms. The summed E-state index contributed by atoms with van der Waals surface area (Å²) in [5, 5.41) is 0. The second-order valence-electron chi connectivity index (χ2n) is 11.8. The van der Waals surface area contributed by atoms with Crippen LogP contribution in [0, 0.1) is 0 Å². The highest BCUT2D eigenvalue weighted by Gasteiger charge is 2.42. The van der Waals surface area contributed by atoms with Gasteiger partial charge in [-0.2, -0.15) is 0 Å². The highest BCUT2D eigenvalue weighted by atomic mass is 16.5. The molecule has 0 fully saturated rings. The van der Waals surface area contributed by atoms with Crippen LogP contribution in [-0.2, 0) is 0 Å². The van der Waals surface area contributed by atoms with E-state index >= 15 is 0 Å². The van der Waals surface area contributed by atoms with Crippen molar-refractivity contribution in [1.82, 2.24) is 9.97 Å². The van der Waals surface area contributed by atoms with Crippen LogP contribution in [-0.4, -0.2) is 9.97 Å². The highest BCUT2D eigenvalue weighted by molar-refractivity contribution is 5.85. The highest BCUT2D eigenvalue weighted by Crippen LogP contribution is 2.57. The maximum atomic E-state index is 6.72. The van der Waals surface area contributed by atoms with Gasteiger partial charge in [0.1, 0.15) is 11.9 Å². The number of hydrogen-bond donors (Lipinski definition) is 0. The minimum Gasteiger partial charge on any atom is -0.484 e. The predicted molar refractivity (Wildman–Crippen MR) is 185 cm³/mol. The van der Waals surface area contributed by atoms with E-state index in [9.17, 15) is 0 Å². The van der Waals surface area contributed by atoms with E-state index in [1.54, 1.807) is 0 Å². The Balaban J connectivity index is 1.23. The Morgan fingerprint density at radius 2 is 1.00 bits per heavy atom. The van der Waals surface area contributed by atoms with Gasteiger partial charge in [0.2, 0.25) is 0 Å². The fourth-order valence-electron chi connectivity index (χ4n) is 6.95. The second kappa shape index (κ2) is 10.9. The summed E-state index contributed by atoms with van der Waals surface area (Å²) in [6.45, 7) is 0. The zero-order valence-electron chi connectivity index (χ0n) is 25.0. The smallest absolute Gasteiger partial charge is 0.160 e. The normalized spacial score (nSPS) is 16.0. The van der Waals surface area contributed by atoms with Crippen molar-refractivity contribution in [2.45, 2.75) is 12.0 Å². The van der Waals surface area contributed by atoms with E-state index in [1.807, 2.05) is 36.4 Å². The summed E-state index contributed by atoms with van der Waals surface area (Å²) in [6.07, 6.45) is -0.123. The summed E-state index contributed by atoms with van der Waals surface area (Å²) in [7, 11) is 0. The molecule has 0 saturated heterocycles. The van der Waals surface area contributed by atoms with E-state index in [4.69, 9.17) is 14.7 Å². The van der Waals surface area contributed by atoms with E-state index in [1.165, 1.54) is 16.7 Å². The number of rotatable bonds is 4. The van der Waals surface area contributed by atoms with Crippen LogP contribution in [0.4, 0.5) is 17.1 Å². The van der Waals surface area contributed by atoms with Crippen molar-refractivity contribution in [3.05, 3.63) is 180 Å². The lowest BCUT2D eigenvalue weighted by Gasteiger charge is -2.28. The van der Waals surface area contributed by atoms with Crippen molar-refractivity contribution < 1.29 is 4.74 Å². The van der Waals surface area contributed by atoms with E-state index < -0.39 is 0 Å². The maximum absolute atomic E-state index is 6.72. The fraction of sp³-hybridized carbons (Fsp3) is 0.0476. The average Bonchev–Trinajstić information content (AvgIpc) is 3.47. The molecule has 2 unspecified atom stereocenters. The van der Waals surface area contributed by atoms with Gasteiger partial charge >= 0.3 is 0 Å². The summed E-state index contributed by atoms with van der Waals surface area (Å²) in [6, 6.07) is 57.1. The molecule has 0 aliphatic carbocycles. The molecule has 0 bridgehead atoms. The summed E-state index contributed by atoms with van der Waals surface area (Å²) < 4.78 is 6.72. The third kappa shape index (κ3) is 4.38. The van der Waals surface area contributed by atoms with Crippen LogP contribution in [0.15, 0.2) is 164 Å². The Hall–Kier alpha value is -6.00. The number of para-hydroxylation sites is 3. The molecule has 6 aromatic carbocycles. The molecule has 218 valence electrons. The summed E-state index contributed by atoms with van der Waals surface area (Å²) >= 11 is 0. The third-order valence-corrected chi connectivity index (χ3v) is 9.04. The number of anilines is 3. The number of hydrogen-bond acceptors (Lipinski definition) is 4. The van der Waals surface area contributed by atoms with Gasteiger partial charge in [0.05, 0.1) is 28.7 Å². The van der Waals surface area contributed by atoms with Crippen molar-refractivity contribution in [2.75, 3.05) is 4.90 Å². The Bertz CT molecular complexity index is 2160. The molecule has 9 rings (SSSR count). The van der Waals surface area contributed by atoms with Crippen molar-refractivity contribution >= 4 is 17.1 Å². The molecule has 0 radical (unpaired) electrons. The van der Waals surface area contributed by atoms with Crippen LogP contribution < -0.4 is 9.64 Å². The summed E-state index contributed by atoms with van der Waals surface area (Å²) in [5.41, 5.74) is 11.8. The van der Waals surface area contributed by atoms with Gasteiger partial charge in [-0.05, 0) is 42.0 Å². The molecule has 46 heavy (non-hydrogen) atoms. The van der Waals surface area contributed by atoms with Crippen LogP contribution in [0.2, 0.25) is 0 Å². The number of nitrogens with zero attached hydrogens (tertiary/aromatic N) is 3. The maximum Gasteiger partial charge on any atom is 0.160 e. The largest absolute Gasteiger partial charge is 0.484 e. The average molecular weight is 592 g/mol. The lowest BCUT2D eigenvalue weighted by Crippen LogP contribution is -2.12. The van der Waals surface area contributed by atoms with Crippen LogP contribution in [0.25, 0.3) is 33.9 Å². The monoisotopic (exact) mass is 591 g/mol. The molecule has 0 saturated carbocycles. The standard InChI is InChI=1S/C42H29N3O/c1-3-14-28(15-4-1)35-27-36(29-16-5-2-6-17-29)44-42(43-35)30-18-13-19-31(26-30)45-37-23-10-7-20-32(37)40-34-22-9-12-25-39(34)46-41(40)33-21-8-11-24-38(33)45/h1-27,40-41H. The zero-order valence-corrected chi connectivity index (χ0v) is 25.0. The molecule has 0 spiro atoms. The van der Waals surface area contributed by atoms with Gasteiger partial charge in [-0.1, -0.05) is 127 Å². The first-order valence-electron chi connectivity index (χ1n) is 15.7. The Morgan fingerprint density at radius 3 is 1.70 bits per heavy atom. The van der Waals surface area contributed by atoms with Crippen LogP contribution in [0.3, 0.4) is 0 Å². The van der Waals surface area contributed by atoms with Gasteiger partial charge < -0.3 is 9.64 Å². The lowest BCUT2D eigenvalue weighted by molar-refractivity contribution is 0.224. The summed E-state index contributed by atoms with van der Waals surface area (Å²) in [4.78, 5) is 12.6. The quantitative estimate of drug-likeness (QED) is 0.204. The molecule has 7 aromatic rings. The molecule has 2 atom stereocenters. The first-order chi connectivity index (χ1) is 22.8. The van der Waals surface area contributed by atoms with E-state index in [0.717, 1.165) is 50.9 Å². The molecule has 0 amide bonds. The molecule has 2 aliphatic heterocycles. The minimum atomic E-state index is -0.123. The number of aromatic nitrogens is 2. The van der Waals surface area contributed by atoms with Gasteiger partial charge in [-0.3, -0.25) is 0 Å². The van der Waals surface area contributed by atoms with Crippen molar-refractivity contribution in [1.29, 1.82) is 0 Å². The van der Waals surface area contributed by atoms with E-state index in [0.29, 0.717) is 5.82 Å². The van der Waals surface area contributed by atoms with Gasteiger partial charge in [0.25, 0.3) is 0 Å². The molecule has 4 nitrogen and oxygen atoms in total.